The van der Waals surface area contributed by atoms with Crippen LogP contribution >= 0.6 is 12.2 Å². The third-order valence-electron chi connectivity index (χ3n) is 3.04. The van der Waals surface area contributed by atoms with E-state index in [2.05, 4.69) is 10.6 Å². The third kappa shape index (κ3) is 3.69. The van der Waals surface area contributed by atoms with Crippen molar-refractivity contribution in [2.24, 2.45) is 0 Å². The van der Waals surface area contributed by atoms with Gasteiger partial charge in [0, 0.05) is 17.3 Å². The van der Waals surface area contributed by atoms with Gasteiger partial charge < -0.3 is 20.1 Å². The van der Waals surface area contributed by atoms with Gasteiger partial charge in [0.2, 0.25) is 0 Å². The highest BCUT2D eigenvalue weighted by Crippen LogP contribution is 2.17. The van der Waals surface area contributed by atoms with Gasteiger partial charge in [-0.3, -0.25) is 0 Å². The van der Waals surface area contributed by atoms with Crippen molar-refractivity contribution in [2.75, 3.05) is 13.7 Å². The molecule has 0 saturated carbocycles. The molecule has 0 aromatic heterocycles. The Hall–Kier alpha value is -2.15. The van der Waals surface area contributed by atoms with Gasteiger partial charge in [-0.25, -0.2) is 9.18 Å². The van der Waals surface area contributed by atoms with Crippen LogP contribution in [0.1, 0.15) is 12.5 Å². The summed E-state index contributed by atoms with van der Waals surface area (Å²) in [7, 11) is 1.46. The quantitative estimate of drug-likeness (QED) is 0.651. The van der Waals surface area contributed by atoms with Crippen LogP contribution in [0.15, 0.2) is 29.5 Å². The van der Waals surface area contributed by atoms with Gasteiger partial charge in [0.05, 0.1) is 19.2 Å². The SMILES string of the molecule is COc1ccc(COC(=O)C2=C(C)NC(=S)NC2)c(F)c1. The number of hydrogen-bond acceptors (Lipinski definition) is 4. The Morgan fingerprint density at radius 3 is 2.86 bits per heavy atom. The largest absolute Gasteiger partial charge is 0.497 e. The zero-order valence-electron chi connectivity index (χ0n) is 11.7. The lowest BCUT2D eigenvalue weighted by Gasteiger charge is -2.20. The van der Waals surface area contributed by atoms with Crippen LogP contribution in [-0.2, 0) is 16.1 Å². The molecule has 2 N–H and O–H groups in total. The number of ether oxygens (including phenoxy) is 2. The molecule has 0 amide bonds. The molecule has 5 nitrogen and oxygen atoms in total. The first-order chi connectivity index (χ1) is 10.0. The molecular formula is C14H15FN2O3S. The highest BCUT2D eigenvalue weighted by Gasteiger charge is 2.20. The molecule has 1 aliphatic rings. The lowest BCUT2D eigenvalue weighted by Crippen LogP contribution is -2.42. The molecule has 1 aliphatic heterocycles. The maximum atomic E-state index is 13.7. The minimum Gasteiger partial charge on any atom is -0.497 e. The Bertz CT molecular complexity index is 616. The van der Waals surface area contributed by atoms with Crippen molar-refractivity contribution in [3.05, 3.63) is 40.8 Å². The predicted molar refractivity (Wildman–Crippen MR) is 79.2 cm³/mol. The second-order valence-corrected chi connectivity index (χ2v) is 4.85. The van der Waals surface area contributed by atoms with Crippen LogP contribution in [0.5, 0.6) is 5.75 Å². The first-order valence-electron chi connectivity index (χ1n) is 6.25. The molecule has 0 aliphatic carbocycles. The molecule has 0 unspecified atom stereocenters. The molecule has 7 heteroatoms. The van der Waals surface area contributed by atoms with Gasteiger partial charge >= 0.3 is 5.97 Å². The first kappa shape index (κ1) is 15.2. The molecular weight excluding hydrogens is 295 g/mol. The number of nitrogens with one attached hydrogen (secondary N) is 2. The highest BCUT2D eigenvalue weighted by molar-refractivity contribution is 7.80. The molecule has 112 valence electrons. The third-order valence-corrected chi connectivity index (χ3v) is 3.29. The van der Waals surface area contributed by atoms with E-state index in [4.69, 9.17) is 21.7 Å². The Balaban J connectivity index is 2.01. The van der Waals surface area contributed by atoms with Crippen LogP contribution in [0.2, 0.25) is 0 Å². The van der Waals surface area contributed by atoms with Crippen molar-refractivity contribution in [1.29, 1.82) is 0 Å². The summed E-state index contributed by atoms with van der Waals surface area (Å²) in [6.07, 6.45) is 0. The lowest BCUT2D eigenvalue weighted by atomic mass is 10.2. The summed E-state index contributed by atoms with van der Waals surface area (Å²) >= 11 is 4.93. The highest BCUT2D eigenvalue weighted by atomic mass is 32.1. The molecule has 1 heterocycles. The van der Waals surface area contributed by atoms with E-state index in [0.717, 1.165) is 0 Å². The van der Waals surface area contributed by atoms with Gasteiger partial charge in [0.25, 0.3) is 0 Å². The molecule has 1 aromatic rings. The van der Waals surface area contributed by atoms with Crippen molar-refractivity contribution in [2.45, 2.75) is 13.5 Å². The van der Waals surface area contributed by atoms with Gasteiger partial charge in [-0.15, -0.1) is 0 Å². The number of allylic oxidation sites excluding steroid dienone is 1. The summed E-state index contributed by atoms with van der Waals surface area (Å²) in [5.41, 5.74) is 1.37. The topological polar surface area (TPSA) is 59.6 Å². The average molecular weight is 310 g/mol. The lowest BCUT2D eigenvalue weighted by molar-refractivity contribution is -0.140. The first-order valence-corrected chi connectivity index (χ1v) is 6.66. The summed E-state index contributed by atoms with van der Waals surface area (Å²) in [4.78, 5) is 12.0. The van der Waals surface area contributed by atoms with Crippen molar-refractivity contribution in [3.8, 4) is 5.75 Å². The van der Waals surface area contributed by atoms with Gasteiger partial charge in [0.1, 0.15) is 18.2 Å². The fourth-order valence-electron chi connectivity index (χ4n) is 1.82. The zero-order valence-corrected chi connectivity index (χ0v) is 12.5. The minimum absolute atomic E-state index is 0.143. The Kier molecular flexibility index (Phi) is 4.74. The predicted octanol–water partition coefficient (Wildman–Crippen LogP) is 1.63. The molecule has 21 heavy (non-hydrogen) atoms. The number of methoxy groups -OCH3 is 1. The van der Waals surface area contributed by atoms with Gasteiger partial charge in [-0.1, -0.05) is 0 Å². The number of rotatable bonds is 4. The number of carbonyl (C=O) groups is 1. The summed E-state index contributed by atoms with van der Waals surface area (Å²) in [5.74, 6) is -0.575. The summed E-state index contributed by atoms with van der Waals surface area (Å²) in [6, 6.07) is 4.38. The second kappa shape index (κ2) is 6.53. The molecule has 0 bridgehead atoms. The van der Waals surface area contributed by atoms with Crippen LogP contribution in [-0.4, -0.2) is 24.7 Å². The van der Waals surface area contributed by atoms with E-state index >= 15 is 0 Å². The van der Waals surface area contributed by atoms with E-state index in [1.54, 1.807) is 13.0 Å². The number of benzene rings is 1. The van der Waals surface area contributed by atoms with Crippen molar-refractivity contribution < 1.29 is 18.7 Å². The molecule has 0 saturated heterocycles. The van der Waals surface area contributed by atoms with Crippen molar-refractivity contribution in [1.82, 2.24) is 10.6 Å². The fourth-order valence-corrected chi connectivity index (χ4v) is 2.04. The van der Waals surface area contributed by atoms with Gasteiger partial charge in [-0.2, -0.15) is 0 Å². The molecule has 0 radical (unpaired) electrons. The summed E-state index contributed by atoms with van der Waals surface area (Å²) < 4.78 is 23.8. The van der Waals surface area contributed by atoms with E-state index in [0.29, 0.717) is 28.7 Å². The molecule has 0 fully saturated rings. The average Bonchev–Trinajstić information content (AvgIpc) is 2.45. The normalized spacial score (nSPS) is 14.3. The molecule has 0 spiro atoms. The Morgan fingerprint density at radius 1 is 1.48 bits per heavy atom. The van der Waals surface area contributed by atoms with Crippen LogP contribution in [0.25, 0.3) is 0 Å². The summed E-state index contributed by atoms with van der Waals surface area (Å²) in [6.45, 7) is 1.88. The number of carbonyl (C=O) groups excluding carboxylic acids is 1. The standard InChI is InChI=1S/C14H15FN2O3S/c1-8-11(6-16-14(21)17-8)13(18)20-7-9-3-4-10(19-2)5-12(9)15/h3-5H,6-7H2,1-2H3,(H2,16,17,21). The van der Waals surface area contributed by atoms with Gasteiger partial charge in [-0.05, 0) is 31.3 Å². The molecule has 1 aromatic carbocycles. The van der Waals surface area contributed by atoms with Crippen LogP contribution in [0.4, 0.5) is 4.39 Å². The van der Waals surface area contributed by atoms with E-state index in [-0.39, 0.29) is 12.2 Å². The minimum atomic E-state index is -0.509. The van der Waals surface area contributed by atoms with Crippen LogP contribution in [0.3, 0.4) is 0 Å². The van der Waals surface area contributed by atoms with E-state index < -0.39 is 11.8 Å². The van der Waals surface area contributed by atoms with E-state index in [9.17, 15) is 9.18 Å². The van der Waals surface area contributed by atoms with Gasteiger partial charge in [0.15, 0.2) is 5.11 Å². The second-order valence-electron chi connectivity index (χ2n) is 4.44. The van der Waals surface area contributed by atoms with E-state index in [1.165, 1.54) is 19.2 Å². The van der Waals surface area contributed by atoms with Crippen LogP contribution in [0, 0.1) is 5.82 Å². The number of halogens is 1. The Morgan fingerprint density at radius 2 is 2.24 bits per heavy atom. The Labute approximate surface area is 127 Å². The van der Waals surface area contributed by atoms with Crippen LogP contribution < -0.4 is 15.4 Å². The number of hydrogen-bond donors (Lipinski definition) is 2. The van der Waals surface area contributed by atoms with Crippen molar-refractivity contribution >= 4 is 23.3 Å². The maximum Gasteiger partial charge on any atom is 0.337 e. The number of thiocarbonyl (C=S) groups is 1. The molecule has 2 rings (SSSR count). The van der Waals surface area contributed by atoms with Crippen molar-refractivity contribution in [3.63, 3.8) is 0 Å². The molecule has 0 atom stereocenters. The smallest absolute Gasteiger partial charge is 0.337 e. The van der Waals surface area contributed by atoms with E-state index in [1.807, 2.05) is 0 Å². The fraction of sp³-hybridized carbons (Fsp3) is 0.286. The zero-order chi connectivity index (χ0) is 15.4. The monoisotopic (exact) mass is 310 g/mol. The summed E-state index contributed by atoms with van der Waals surface area (Å²) in [5, 5.41) is 6.15. The maximum absolute atomic E-state index is 13.7. The number of esters is 1.